The summed E-state index contributed by atoms with van der Waals surface area (Å²) in [6.07, 6.45) is 4.55. The van der Waals surface area contributed by atoms with Crippen molar-refractivity contribution in [3.05, 3.63) is 52.4 Å². The maximum atomic E-state index is 11.8. The van der Waals surface area contributed by atoms with E-state index in [0.29, 0.717) is 44.3 Å². The molecule has 0 aliphatic carbocycles. The molecule has 9 nitrogen and oxygen atoms in total. The first kappa shape index (κ1) is 20.7. The summed E-state index contributed by atoms with van der Waals surface area (Å²) in [5, 5.41) is 8.04. The van der Waals surface area contributed by atoms with Crippen molar-refractivity contribution in [3.63, 3.8) is 0 Å². The molecule has 1 saturated heterocycles. The second-order valence-corrected chi connectivity index (χ2v) is 7.13. The van der Waals surface area contributed by atoms with Crippen LogP contribution in [0.2, 0.25) is 0 Å². The Labute approximate surface area is 177 Å². The van der Waals surface area contributed by atoms with E-state index in [1.807, 2.05) is 29.2 Å². The van der Waals surface area contributed by atoms with Gasteiger partial charge < -0.3 is 20.3 Å². The third-order valence-corrected chi connectivity index (χ3v) is 4.78. The van der Waals surface area contributed by atoms with Crippen molar-refractivity contribution in [2.45, 2.75) is 6.92 Å². The molecule has 1 aliphatic heterocycles. The minimum Gasteiger partial charge on any atom is -0.450 e. The van der Waals surface area contributed by atoms with E-state index < -0.39 is 0 Å². The van der Waals surface area contributed by atoms with Gasteiger partial charge >= 0.3 is 6.09 Å². The Hall–Kier alpha value is -3.01. The minimum atomic E-state index is -0.285. The molecule has 0 saturated carbocycles. The molecule has 1 fully saturated rings. The van der Waals surface area contributed by atoms with Crippen molar-refractivity contribution in [1.82, 2.24) is 14.9 Å². The Morgan fingerprint density at radius 2 is 1.97 bits per heavy atom. The van der Waals surface area contributed by atoms with Gasteiger partial charge in [-0.15, -0.1) is 5.10 Å². The minimum absolute atomic E-state index is 0.179. The molecular formula is C19H22BrN7O2. The van der Waals surface area contributed by atoms with Gasteiger partial charge in [-0.3, -0.25) is 4.98 Å². The van der Waals surface area contributed by atoms with E-state index in [-0.39, 0.29) is 11.9 Å². The Morgan fingerprint density at radius 1 is 1.24 bits per heavy atom. The summed E-state index contributed by atoms with van der Waals surface area (Å²) in [7, 11) is 0. The van der Waals surface area contributed by atoms with E-state index in [9.17, 15) is 4.79 Å². The normalized spacial score (nSPS) is 15.0. The van der Waals surface area contributed by atoms with E-state index in [1.54, 1.807) is 30.4 Å². The van der Waals surface area contributed by atoms with Gasteiger partial charge in [-0.1, -0.05) is 28.1 Å². The van der Waals surface area contributed by atoms with Crippen LogP contribution in [0.25, 0.3) is 0 Å². The highest BCUT2D eigenvalue weighted by Crippen LogP contribution is 2.14. The van der Waals surface area contributed by atoms with E-state index in [1.165, 1.54) is 0 Å². The van der Waals surface area contributed by atoms with E-state index in [0.717, 1.165) is 10.0 Å². The van der Waals surface area contributed by atoms with Crippen LogP contribution in [-0.2, 0) is 4.74 Å². The first-order valence-electron chi connectivity index (χ1n) is 9.18. The number of ether oxygens (including phenoxy) is 1. The number of anilines is 1. The van der Waals surface area contributed by atoms with Crippen molar-refractivity contribution < 1.29 is 9.53 Å². The zero-order chi connectivity index (χ0) is 20.6. The number of aromatic nitrogens is 2. The summed E-state index contributed by atoms with van der Waals surface area (Å²) in [6.45, 7) is 4.56. The summed E-state index contributed by atoms with van der Waals surface area (Å²) >= 11 is 3.39. The lowest BCUT2D eigenvalue weighted by Crippen LogP contribution is -2.49. The van der Waals surface area contributed by atoms with Crippen LogP contribution in [0.4, 0.5) is 10.6 Å². The van der Waals surface area contributed by atoms with Crippen molar-refractivity contribution in [2.75, 3.05) is 37.7 Å². The van der Waals surface area contributed by atoms with Crippen molar-refractivity contribution >= 4 is 39.9 Å². The lowest BCUT2D eigenvalue weighted by atomic mass is 10.2. The van der Waals surface area contributed by atoms with Crippen LogP contribution in [0.15, 0.2) is 51.3 Å². The lowest BCUT2D eigenvalue weighted by Gasteiger charge is -2.34. The number of hydrogen-bond acceptors (Lipinski definition) is 7. The van der Waals surface area contributed by atoms with Gasteiger partial charge in [0.25, 0.3) is 0 Å². The summed E-state index contributed by atoms with van der Waals surface area (Å²) in [5.74, 6) is 0.860. The molecule has 2 heterocycles. The number of rotatable bonds is 5. The Morgan fingerprint density at radius 3 is 2.66 bits per heavy atom. The van der Waals surface area contributed by atoms with E-state index in [4.69, 9.17) is 10.5 Å². The average Bonchev–Trinajstić information content (AvgIpc) is 2.75. The second kappa shape index (κ2) is 9.97. The monoisotopic (exact) mass is 459 g/mol. The van der Waals surface area contributed by atoms with Crippen LogP contribution in [0, 0.1) is 0 Å². The maximum absolute atomic E-state index is 11.8. The predicted octanol–water partition coefficient (Wildman–Crippen LogP) is 2.26. The van der Waals surface area contributed by atoms with Gasteiger partial charge in [-0.2, -0.15) is 5.10 Å². The van der Waals surface area contributed by atoms with Crippen molar-refractivity contribution in [3.8, 4) is 0 Å². The molecule has 1 amide bonds. The topological polar surface area (TPSA) is 109 Å². The number of nitrogens with zero attached hydrogens (tertiary/aromatic N) is 6. The third kappa shape index (κ3) is 5.74. The number of benzene rings is 1. The summed E-state index contributed by atoms with van der Waals surface area (Å²) in [4.78, 5) is 24.3. The SMILES string of the molecule is CCOC(=O)N1CCN(c2cncc(/C(N)=N/N=C/c3ccc(Br)cc3)n2)CC1. The number of amidine groups is 1. The smallest absolute Gasteiger partial charge is 0.409 e. The Balaban J connectivity index is 1.63. The van der Waals surface area contributed by atoms with Crippen LogP contribution in [0.1, 0.15) is 18.2 Å². The van der Waals surface area contributed by atoms with Gasteiger partial charge in [0, 0.05) is 30.7 Å². The molecule has 29 heavy (non-hydrogen) atoms. The highest BCUT2D eigenvalue weighted by atomic mass is 79.9. The van der Waals surface area contributed by atoms with Gasteiger partial charge in [0.1, 0.15) is 11.5 Å². The number of piperazine rings is 1. The molecule has 2 aromatic rings. The lowest BCUT2D eigenvalue weighted by molar-refractivity contribution is 0.105. The maximum Gasteiger partial charge on any atom is 0.409 e. The van der Waals surface area contributed by atoms with Gasteiger partial charge in [-0.25, -0.2) is 9.78 Å². The van der Waals surface area contributed by atoms with E-state index >= 15 is 0 Å². The molecule has 1 aromatic carbocycles. The zero-order valence-electron chi connectivity index (χ0n) is 16.0. The average molecular weight is 460 g/mol. The summed E-state index contributed by atoms with van der Waals surface area (Å²) in [6, 6.07) is 7.67. The van der Waals surface area contributed by atoms with Crippen LogP contribution in [-0.4, -0.2) is 65.8 Å². The van der Waals surface area contributed by atoms with E-state index in [2.05, 4.69) is 36.1 Å². The predicted molar refractivity (Wildman–Crippen MR) is 115 cm³/mol. The molecule has 1 aliphatic rings. The fraction of sp³-hybridized carbons (Fsp3) is 0.316. The second-order valence-electron chi connectivity index (χ2n) is 6.22. The molecule has 152 valence electrons. The number of amides is 1. The molecular weight excluding hydrogens is 438 g/mol. The Bertz CT molecular complexity index is 894. The number of carbonyl (C=O) groups excluding carboxylic acids is 1. The van der Waals surface area contributed by atoms with Gasteiger partial charge in [-0.05, 0) is 24.6 Å². The summed E-state index contributed by atoms with van der Waals surface area (Å²) in [5.41, 5.74) is 7.37. The first-order valence-corrected chi connectivity index (χ1v) is 9.97. The number of halogens is 1. The molecule has 10 heteroatoms. The van der Waals surface area contributed by atoms with Crippen molar-refractivity contribution in [2.24, 2.45) is 15.9 Å². The van der Waals surface area contributed by atoms with Gasteiger partial charge in [0.15, 0.2) is 5.84 Å². The standard InChI is InChI=1S/C19H22BrN7O2/c1-2-29-19(28)27-9-7-26(8-10-27)17-13-22-12-16(24-17)18(21)25-23-11-14-3-5-15(20)6-4-14/h3-6,11-13H,2,7-10H2,1H3,(H2,21,25)/b23-11+. The van der Waals surface area contributed by atoms with Crippen LogP contribution < -0.4 is 10.6 Å². The van der Waals surface area contributed by atoms with Crippen molar-refractivity contribution in [1.29, 1.82) is 0 Å². The van der Waals surface area contributed by atoms with Crippen LogP contribution in [0.3, 0.4) is 0 Å². The quantitative estimate of drug-likeness (QED) is 0.417. The number of nitrogens with two attached hydrogens (primary N) is 1. The molecule has 0 unspecified atom stereocenters. The van der Waals surface area contributed by atoms with Crippen LogP contribution >= 0.6 is 15.9 Å². The fourth-order valence-corrected chi connectivity index (χ4v) is 2.99. The molecule has 1 aromatic heterocycles. The highest BCUT2D eigenvalue weighted by molar-refractivity contribution is 9.10. The zero-order valence-corrected chi connectivity index (χ0v) is 17.6. The largest absolute Gasteiger partial charge is 0.450 e. The van der Waals surface area contributed by atoms with Gasteiger partial charge in [0.2, 0.25) is 0 Å². The number of hydrogen-bond donors (Lipinski definition) is 1. The highest BCUT2D eigenvalue weighted by Gasteiger charge is 2.23. The first-order chi connectivity index (χ1) is 14.1. The van der Waals surface area contributed by atoms with Gasteiger partial charge in [0.05, 0.1) is 25.2 Å². The Kier molecular flexibility index (Phi) is 7.12. The summed E-state index contributed by atoms with van der Waals surface area (Å²) < 4.78 is 6.03. The molecule has 0 spiro atoms. The number of carbonyl (C=O) groups is 1. The molecule has 0 atom stereocenters. The third-order valence-electron chi connectivity index (χ3n) is 4.26. The van der Waals surface area contributed by atoms with Crippen LogP contribution in [0.5, 0.6) is 0 Å². The molecule has 0 bridgehead atoms. The molecule has 0 radical (unpaired) electrons. The fourth-order valence-electron chi connectivity index (χ4n) is 2.72. The molecule has 3 rings (SSSR count). The molecule has 2 N–H and O–H groups in total.